The fraction of sp³-hybridized carbons (Fsp3) is 0.357. The number of rotatable bonds is 4. The zero-order valence-electron chi connectivity index (χ0n) is 10.9. The maximum Gasteiger partial charge on any atom is 0.241 e. The Hall–Kier alpha value is -1.50. The lowest BCUT2D eigenvalue weighted by Gasteiger charge is -2.31. The number of nitrogens with zero attached hydrogens (tertiary/aromatic N) is 1. The van der Waals surface area contributed by atoms with E-state index < -0.39 is 10.0 Å². The first kappa shape index (κ1) is 13.5. The Morgan fingerprint density at radius 1 is 1.30 bits per heavy atom. The van der Waals surface area contributed by atoms with Gasteiger partial charge in [0.2, 0.25) is 10.0 Å². The van der Waals surface area contributed by atoms with Crippen LogP contribution in [-0.2, 0) is 10.0 Å². The molecule has 1 aliphatic carbocycles. The van der Waals surface area contributed by atoms with E-state index >= 15 is 0 Å². The summed E-state index contributed by atoms with van der Waals surface area (Å²) in [6, 6.07) is 6.85. The fourth-order valence-corrected chi connectivity index (χ4v) is 3.84. The van der Waals surface area contributed by atoms with Gasteiger partial charge in [-0.15, -0.1) is 0 Å². The third-order valence-corrected chi connectivity index (χ3v) is 5.18. The largest absolute Gasteiger partial charge is 0.393 e. The first-order chi connectivity index (χ1) is 9.56. The first-order valence-electron chi connectivity index (χ1n) is 6.57. The third kappa shape index (κ3) is 2.54. The number of aliphatic hydroxyl groups is 1. The summed E-state index contributed by atoms with van der Waals surface area (Å²) in [5, 5.41) is 10.7. The number of aromatic nitrogens is 1. The zero-order chi connectivity index (χ0) is 14.2. The molecular formula is C14H16N2O3S. The van der Waals surface area contributed by atoms with Gasteiger partial charge in [0.1, 0.15) is 0 Å². The van der Waals surface area contributed by atoms with Crippen molar-refractivity contribution in [3.63, 3.8) is 0 Å². The van der Waals surface area contributed by atoms with E-state index in [1.54, 1.807) is 30.6 Å². The molecule has 6 heteroatoms. The highest BCUT2D eigenvalue weighted by Gasteiger charge is 2.28. The van der Waals surface area contributed by atoms with Crippen LogP contribution in [0.1, 0.15) is 12.8 Å². The Balaban J connectivity index is 1.85. The van der Waals surface area contributed by atoms with E-state index in [1.807, 2.05) is 6.07 Å². The summed E-state index contributed by atoms with van der Waals surface area (Å²) in [5.41, 5.74) is 0. The second-order valence-corrected chi connectivity index (χ2v) is 6.93. The molecule has 0 unspecified atom stereocenters. The number of aliphatic hydroxyl groups excluding tert-OH is 1. The molecule has 2 aromatic rings. The molecule has 20 heavy (non-hydrogen) atoms. The lowest BCUT2D eigenvalue weighted by Crippen LogP contribution is -2.38. The van der Waals surface area contributed by atoms with E-state index in [0.29, 0.717) is 24.8 Å². The Kier molecular flexibility index (Phi) is 3.45. The molecule has 0 saturated heterocycles. The average Bonchev–Trinajstić information content (AvgIpc) is 2.42. The molecule has 3 rings (SSSR count). The van der Waals surface area contributed by atoms with Crippen molar-refractivity contribution in [3.05, 3.63) is 36.7 Å². The molecule has 1 aliphatic rings. The monoisotopic (exact) mass is 292 g/mol. The van der Waals surface area contributed by atoms with Crippen LogP contribution < -0.4 is 4.72 Å². The fourth-order valence-electron chi connectivity index (χ4n) is 2.50. The van der Waals surface area contributed by atoms with Gasteiger partial charge in [-0.1, -0.05) is 12.1 Å². The predicted octanol–water partition coefficient (Wildman–Crippen LogP) is 1.28. The topological polar surface area (TPSA) is 79.3 Å². The lowest BCUT2D eigenvalue weighted by molar-refractivity contribution is 0.0453. The predicted molar refractivity (Wildman–Crippen MR) is 75.7 cm³/mol. The smallest absolute Gasteiger partial charge is 0.241 e. The van der Waals surface area contributed by atoms with E-state index in [0.717, 1.165) is 5.39 Å². The van der Waals surface area contributed by atoms with Crippen molar-refractivity contribution < 1.29 is 13.5 Å². The summed E-state index contributed by atoms with van der Waals surface area (Å²) in [6.07, 6.45) is 4.30. The van der Waals surface area contributed by atoms with Crippen LogP contribution in [0.25, 0.3) is 10.8 Å². The quantitative estimate of drug-likeness (QED) is 0.890. The average molecular weight is 292 g/mol. The van der Waals surface area contributed by atoms with Crippen LogP contribution in [0.2, 0.25) is 0 Å². The third-order valence-electron chi connectivity index (χ3n) is 3.70. The summed E-state index contributed by atoms with van der Waals surface area (Å²) in [6.45, 7) is 0.376. The van der Waals surface area contributed by atoms with Crippen molar-refractivity contribution in [2.24, 2.45) is 5.92 Å². The number of hydrogen-bond acceptors (Lipinski definition) is 4. The van der Waals surface area contributed by atoms with Gasteiger partial charge >= 0.3 is 0 Å². The van der Waals surface area contributed by atoms with Crippen LogP contribution in [0.5, 0.6) is 0 Å². The molecular weight excluding hydrogens is 276 g/mol. The van der Waals surface area contributed by atoms with Gasteiger partial charge in [0.15, 0.2) is 0 Å². The Morgan fingerprint density at radius 3 is 2.85 bits per heavy atom. The van der Waals surface area contributed by atoms with Crippen LogP contribution in [0.15, 0.2) is 41.6 Å². The summed E-state index contributed by atoms with van der Waals surface area (Å²) < 4.78 is 27.4. The molecule has 0 spiro atoms. The van der Waals surface area contributed by atoms with Crippen molar-refractivity contribution in [2.75, 3.05) is 6.54 Å². The highest BCUT2D eigenvalue weighted by atomic mass is 32.2. The number of fused-ring (bicyclic) bond motifs is 1. The summed E-state index contributed by atoms with van der Waals surface area (Å²) in [5.74, 6) is 0.233. The molecule has 5 nitrogen and oxygen atoms in total. The van der Waals surface area contributed by atoms with E-state index in [9.17, 15) is 13.5 Å². The second-order valence-electron chi connectivity index (χ2n) is 5.20. The molecule has 2 N–H and O–H groups in total. The van der Waals surface area contributed by atoms with Gasteiger partial charge in [0.05, 0.1) is 11.0 Å². The molecule has 1 saturated carbocycles. The van der Waals surface area contributed by atoms with Gasteiger partial charge in [-0.25, -0.2) is 13.1 Å². The van der Waals surface area contributed by atoms with Crippen LogP contribution in [0.4, 0.5) is 0 Å². The number of pyridine rings is 1. The zero-order valence-corrected chi connectivity index (χ0v) is 11.7. The molecule has 1 aromatic carbocycles. The van der Waals surface area contributed by atoms with Gasteiger partial charge < -0.3 is 5.11 Å². The van der Waals surface area contributed by atoms with Crippen molar-refractivity contribution in [1.82, 2.24) is 9.71 Å². The number of nitrogens with one attached hydrogen (secondary N) is 1. The van der Waals surface area contributed by atoms with Crippen LogP contribution >= 0.6 is 0 Å². The minimum Gasteiger partial charge on any atom is -0.393 e. The highest BCUT2D eigenvalue weighted by Crippen LogP contribution is 2.27. The number of sulfonamides is 1. The molecule has 1 aromatic heterocycles. The Bertz CT molecular complexity index is 719. The first-order valence-corrected chi connectivity index (χ1v) is 8.05. The molecule has 0 bridgehead atoms. The van der Waals surface area contributed by atoms with Gasteiger partial charge in [0.25, 0.3) is 0 Å². The summed E-state index contributed by atoms with van der Waals surface area (Å²) in [4.78, 5) is 4.27. The lowest BCUT2D eigenvalue weighted by atomic mass is 9.83. The van der Waals surface area contributed by atoms with E-state index in [-0.39, 0.29) is 16.9 Å². The maximum atomic E-state index is 12.4. The molecule has 0 amide bonds. The van der Waals surface area contributed by atoms with E-state index in [4.69, 9.17) is 0 Å². The molecule has 1 heterocycles. The summed E-state index contributed by atoms with van der Waals surface area (Å²) >= 11 is 0. The SMILES string of the molecule is O=S(=O)(NCC1CC(O)C1)c1cccc2cnccc12. The van der Waals surface area contributed by atoms with Crippen molar-refractivity contribution in [2.45, 2.75) is 23.8 Å². The van der Waals surface area contributed by atoms with Crippen molar-refractivity contribution in [1.29, 1.82) is 0 Å². The van der Waals surface area contributed by atoms with Gasteiger partial charge in [-0.2, -0.15) is 0 Å². The normalized spacial score (nSPS) is 22.6. The minimum absolute atomic E-state index is 0.233. The standard InChI is InChI=1S/C14H16N2O3S/c17-12-6-10(7-12)8-16-20(18,19)14-3-1-2-11-9-15-5-4-13(11)14/h1-5,9-10,12,16-17H,6-8H2. The molecule has 0 aliphatic heterocycles. The van der Waals surface area contributed by atoms with E-state index in [2.05, 4.69) is 9.71 Å². The van der Waals surface area contributed by atoms with Crippen LogP contribution in [-0.4, -0.2) is 31.2 Å². The Labute approximate surface area is 117 Å². The molecule has 0 radical (unpaired) electrons. The Morgan fingerprint density at radius 2 is 2.10 bits per heavy atom. The van der Waals surface area contributed by atoms with Crippen LogP contribution in [0, 0.1) is 5.92 Å². The summed E-state index contributed by atoms with van der Waals surface area (Å²) in [7, 11) is -3.54. The van der Waals surface area contributed by atoms with Crippen LogP contribution in [0.3, 0.4) is 0 Å². The number of hydrogen-bond donors (Lipinski definition) is 2. The minimum atomic E-state index is -3.54. The number of benzene rings is 1. The maximum absolute atomic E-state index is 12.4. The molecule has 1 fully saturated rings. The molecule has 0 atom stereocenters. The highest BCUT2D eigenvalue weighted by molar-refractivity contribution is 7.89. The van der Waals surface area contributed by atoms with Gasteiger partial charge in [-0.3, -0.25) is 4.98 Å². The van der Waals surface area contributed by atoms with Crippen molar-refractivity contribution >= 4 is 20.8 Å². The molecule has 106 valence electrons. The van der Waals surface area contributed by atoms with Crippen molar-refractivity contribution in [3.8, 4) is 0 Å². The second kappa shape index (κ2) is 5.12. The van der Waals surface area contributed by atoms with Gasteiger partial charge in [-0.05, 0) is 30.9 Å². The van der Waals surface area contributed by atoms with E-state index in [1.165, 1.54) is 0 Å². The van der Waals surface area contributed by atoms with Gasteiger partial charge in [0, 0.05) is 29.7 Å².